The van der Waals surface area contributed by atoms with Crippen molar-refractivity contribution in [1.82, 2.24) is 4.90 Å². The maximum Gasteiger partial charge on any atom is 0.0732 e. The minimum absolute atomic E-state index is 0.0491. The van der Waals surface area contributed by atoms with Gasteiger partial charge in [0, 0.05) is 18.5 Å². The zero-order valence-corrected chi connectivity index (χ0v) is 9.38. The topological polar surface area (TPSA) is 49.5 Å². The van der Waals surface area contributed by atoms with E-state index in [9.17, 15) is 5.11 Å². The van der Waals surface area contributed by atoms with Gasteiger partial charge in [0.1, 0.15) is 0 Å². The fourth-order valence-electron chi connectivity index (χ4n) is 1.46. The van der Waals surface area contributed by atoms with Crippen LogP contribution in [0.25, 0.3) is 0 Å². The number of hydrogen-bond acceptors (Lipinski definition) is 3. The summed E-state index contributed by atoms with van der Waals surface area (Å²) >= 11 is 0. The molecular formula is C10H24N2O. The first-order valence-electron chi connectivity index (χ1n) is 5.15. The van der Waals surface area contributed by atoms with Crippen LogP contribution in [0.15, 0.2) is 0 Å². The van der Waals surface area contributed by atoms with E-state index in [-0.39, 0.29) is 11.5 Å². The van der Waals surface area contributed by atoms with Gasteiger partial charge in [-0.2, -0.15) is 0 Å². The van der Waals surface area contributed by atoms with Crippen molar-refractivity contribution < 1.29 is 5.11 Å². The van der Waals surface area contributed by atoms with E-state index in [0.29, 0.717) is 6.54 Å². The van der Waals surface area contributed by atoms with Gasteiger partial charge in [-0.15, -0.1) is 0 Å². The molecule has 0 spiro atoms. The first-order chi connectivity index (χ1) is 6.08. The Balaban J connectivity index is 0.000000671. The number of aliphatic hydroxyl groups is 1. The molecule has 1 aliphatic rings. The van der Waals surface area contributed by atoms with Crippen LogP contribution >= 0.6 is 0 Å². The molecule has 0 bridgehead atoms. The number of nitrogens with zero attached hydrogens (tertiary/aromatic N) is 1. The number of nitrogens with two attached hydrogens (primary N) is 1. The number of likely N-dealkylation sites (N-methyl/N-ethyl adjacent to an activating group) is 1. The minimum atomic E-state index is -0.258. The molecule has 2 atom stereocenters. The molecule has 80 valence electrons. The third-order valence-corrected chi connectivity index (χ3v) is 2.82. The van der Waals surface area contributed by atoms with Crippen LogP contribution in [0.1, 0.15) is 27.2 Å². The summed E-state index contributed by atoms with van der Waals surface area (Å²) in [6, 6.07) is 0. The monoisotopic (exact) mass is 188 g/mol. The number of likely N-dealkylation sites (tertiary alicyclic amines) is 1. The third-order valence-electron chi connectivity index (χ3n) is 2.82. The first kappa shape index (κ1) is 12.9. The fourth-order valence-corrected chi connectivity index (χ4v) is 1.46. The molecule has 0 saturated carbocycles. The van der Waals surface area contributed by atoms with Crippen molar-refractivity contribution >= 4 is 0 Å². The third kappa shape index (κ3) is 3.25. The van der Waals surface area contributed by atoms with Crippen LogP contribution in [0.4, 0.5) is 0 Å². The summed E-state index contributed by atoms with van der Waals surface area (Å²) < 4.78 is 0. The van der Waals surface area contributed by atoms with Gasteiger partial charge in [-0.3, -0.25) is 0 Å². The van der Waals surface area contributed by atoms with E-state index in [0.717, 1.165) is 19.5 Å². The standard InChI is InChI=1S/C8H18N2O.C2H6/c1-8(6-9)3-4-10(2)5-7(8)11;1-2/h7,11H,3-6,9H2,1-2H3;1-2H3. The lowest BCUT2D eigenvalue weighted by Crippen LogP contribution is -2.51. The summed E-state index contributed by atoms with van der Waals surface area (Å²) in [7, 11) is 2.03. The van der Waals surface area contributed by atoms with Crippen LogP contribution in [-0.2, 0) is 0 Å². The number of piperidine rings is 1. The summed E-state index contributed by atoms with van der Waals surface area (Å²) in [5, 5.41) is 9.68. The second kappa shape index (κ2) is 5.58. The molecule has 1 heterocycles. The highest BCUT2D eigenvalue weighted by Crippen LogP contribution is 2.28. The molecule has 13 heavy (non-hydrogen) atoms. The molecule has 1 saturated heterocycles. The first-order valence-corrected chi connectivity index (χ1v) is 5.15. The molecule has 1 rings (SSSR count). The lowest BCUT2D eigenvalue weighted by Gasteiger charge is -2.41. The van der Waals surface area contributed by atoms with Gasteiger partial charge in [-0.1, -0.05) is 20.8 Å². The number of aliphatic hydroxyl groups excluding tert-OH is 1. The van der Waals surface area contributed by atoms with Crippen LogP contribution < -0.4 is 5.73 Å². The molecule has 0 aromatic rings. The Hall–Kier alpha value is -0.120. The molecule has 0 aromatic carbocycles. The zero-order valence-electron chi connectivity index (χ0n) is 9.38. The number of rotatable bonds is 1. The molecule has 3 nitrogen and oxygen atoms in total. The van der Waals surface area contributed by atoms with Gasteiger partial charge in [0.05, 0.1) is 6.10 Å². The average molecular weight is 188 g/mol. The molecule has 3 N–H and O–H groups in total. The molecular weight excluding hydrogens is 164 g/mol. The Kier molecular flexibility index (Phi) is 5.53. The molecule has 3 heteroatoms. The van der Waals surface area contributed by atoms with Crippen molar-refractivity contribution in [2.45, 2.75) is 33.3 Å². The smallest absolute Gasteiger partial charge is 0.0732 e. The summed E-state index contributed by atoms with van der Waals surface area (Å²) in [6.07, 6.45) is 0.743. The van der Waals surface area contributed by atoms with Crippen molar-refractivity contribution in [1.29, 1.82) is 0 Å². The van der Waals surface area contributed by atoms with E-state index in [2.05, 4.69) is 11.8 Å². The lowest BCUT2D eigenvalue weighted by atomic mass is 9.78. The van der Waals surface area contributed by atoms with Crippen molar-refractivity contribution in [2.24, 2.45) is 11.1 Å². The molecule has 1 aliphatic heterocycles. The largest absolute Gasteiger partial charge is 0.391 e. The summed E-state index contributed by atoms with van der Waals surface area (Å²) in [6.45, 7) is 8.45. The van der Waals surface area contributed by atoms with Crippen LogP contribution in [0.2, 0.25) is 0 Å². The van der Waals surface area contributed by atoms with E-state index < -0.39 is 0 Å². The lowest BCUT2D eigenvalue weighted by molar-refractivity contribution is -0.0224. The highest BCUT2D eigenvalue weighted by atomic mass is 16.3. The summed E-state index contributed by atoms with van der Waals surface area (Å²) in [4.78, 5) is 2.14. The highest BCUT2D eigenvalue weighted by molar-refractivity contribution is 4.89. The highest BCUT2D eigenvalue weighted by Gasteiger charge is 2.35. The van der Waals surface area contributed by atoms with Crippen LogP contribution in [-0.4, -0.2) is 42.8 Å². The van der Waals surface area contributed by atoms with E-state index in [1.807, 2.05) is 20.9 Å². The number of hydrogen-bond donors (Lipinski definition) is 2. The SMILES string of the molecule is CC.CN1CCC(C)(CN)C(O)C1. The molecule has 0 aromatic heterocycles. The van der Waals surface area contributed by atoms with Gasteiger partial charge in [0.25, 0.3) is 0 Å². The van der Waals surface area contributed by atoms with Gasteiger partial charge in [-0.05, 0) is 20.0 Å². The van der Waals surface area contributed by atoms with Gasteiger partial charge in [0.15, 0.2) is 0 Å². The molecule has 0 radical (unpaired) electrons. The molecule has 0 aliphatic carbocycles. The predicted octanol–water partition coefficient (Wildman–Crippen LogP) is 0.674. The van der Waals surface area contributed by atoms with Crippen LogP contribution in [0.5, 0.6) is 0 Å². The Morgan fingerprint density at radius 3 is 2.46 bits per heavy atom. The van der Waals surface area contributed by atoms with Crippen molar-refractivity contribution in [3.63, 3.8) is 0 Å². The van der Waals surface area contributed by atoms with Gasteiger partial charge < -0.3 is 15.7 Å². The van der Waals surface area contributed by atoms with Crippen LogP contribution in [0.3, 0.4) is 0 Å². The second-order valence-electron chi connectivity index (χ2n) is 3.89. The van der Waals surface area contributed by atoms with E-state index in [1.54, 1.807) is 0 Å². The second-order valence-corrected chi connectivity index (χ2v) is 3.89. The minimum Gasteiger partial charge on any atom is -0.391 e. The maximum absolute atomic E-state index is 9.68. The van der Waals surface area contributed by atoms with Gasteiger partial charge in [-0.25, -0.2) is 0 Å². The number of β-amino-alcohol motifs (C(OH)–C–C–N with tert-alkyl or cyclic N) is 1. The molecule has 1 fully saturated rings. The van der Waals surface area contributed by atoms with Crippen LogP contribution in [0, 0.1) is 5.41 Å². The average Bonchev–Trinajstić information content (AvgIpc) is 2.16. The predicted molar refractivity (Wildman–Crippen MR) is 56.6 cm³/mol. The van der Waals surface area contributed by atoms with Crippen molar-refractivity contribution in [2.75, 3.05) is 26.7 Å². The van der Waals surface area contributed by atoms with Crippen molar-refractivity contribution in [3.8, 4) is 0 Å². The maximum atomic E-state index is 9.68. The van der Waals surface area contributed by atoms with Gasteiger partial charge in [0.2, 0.25) is 0 Å². The summed E-state index contributed by atoms with van der Waals surface area (Å²) in [5.41, 5.74) is 5.55. The Morgan fingerprint density at radius 1 is 1.54 bits per heavy atom. The molecule has 2 unspecified atom stereocenters. The zero-order chi connectivity index (χ0) is 10.5. The van der Waals surface area contributed by atoms with E-state index in [1.165, 1.54) is 0 Å². The fraction of sp³-hybridized carbons (Fsp3) is 1.00. The molecule has 0 amide bonds. The van der Waals surface area contributed by atoms with E-state index in [4.69, 9.17) is 5.73 Å². The Bertz CT molecular complexity index is 141. The van der Waals surface area contributed by atoms with Crippen molar-refractivity contribution in [3.05, 3.63) is 0 Å². The van der Waals surface area contributed by atoms with E-state index >= 15 is 0 Å². The Morgan fingerprint density at radius 2 is 2.08 bits per heavy atom. The summed E-state index contributed by atoms with van der Waals surface area (Å²) in [5.74, 6) is 0. The normalized spacial score (nSPS) is 35.1. The quantitative estimate of drug-likeness (QED) is 0.636. The Labute approximate surface area is 81.9 Å². The van der Waals surface area contributed by atoms with Gasteiger partial charge >= 0.3 is 0 Å².